The van der Waals surface area contributed by atoms with Gasteiger partial charge in [-0.2, -0.15) is 10.5 Å². The summed E-state index contributed by atoms with van der Waals surface area (Å²) in [6.45, 7) is 2.52. The second-order valence-electron chi connectivity index (χ2n) is 4.82. The molecule has 0 amide bonds. The van der Waals surface area contributed by atoms with Crippen LogP contribution in [0.3, 0.4) is 0 Å². The van der Waals surface area contributed by atoms with Gasteiger partial charge in [-0.1, -0.05) is 0 Å². The fourth-order valence-electron chi connectivity index (χ4n) is 2.24. The molecule has 9 heteroatoms. The van der Waals surface area contributed by atoms with E-state index in [2.05, 4.69) is 25.9 Å². The second kappa shape index (κ2) is 6.85. The number of anilines is 2. The summed E-state index contributed by atoms with van der Waals surface area (Å²) in [6.07, 6.45) is 1.41. The summed E-state index contributed by atoms with van der Waals surface area (Å²) in [5.41, 5.74) is 1.26. The number of tetrazole rings is 1. The van der Waals surface area contributed by atoms with E-state index >= 15 is 0 Å². The maximum absolute atomic E-state index is 14.3. The van der Waals surface area contributed by atoms with Gasteiger partial charge in [0.1, 0.15) is 17.5 Å². The summed E-state index contributed by atoms with van der Waals surface area (Å²) in [4.78, 5) is 1.94. The average molecular weight is 315 g/mol. The molecule has 0 atom stereocenters. The smallest absolute Gasteiger partial charge is 0.216 e. The van der Waals surface area contributed by atoms with Crippen LogP contribution in [0.5, 0.6) is 0 Å². The molecule has 23 heavy (non-hydrogen) atoms. The van der Waals surface area contributed by atoms with Crippen LogP contribution in [0.4, 0.5) is 15.8 Å². The van der Waals surface area contributed by atoms with Crippen molar-refractivity contribution in [3.63, 3.8) is 0 Å². The lowest BCUT2D eigenvalue weighted by molar-refractivity contribution is 0.122. The van der Waals surface area contributed by atoms with Gasteiger partial charge in [0.05, 0.1) is 18.9 Å². The van der Waals surface area contributed by atoms with Crippen LogP contribution in [-0.2, 0) is 4.74 Å². The average Bonchev–Trinajstić information content (AvgIpc) is 3.11. The molecular formula is C14H14FN7O. The van der Waals surface area contributed by atoms with E-state index < -0.39 is 0 Å². The summed E-state index contributed by atoms with van der Waals surface area (Å²) in [7, 11) is 0. The lowest BCUT2D eigenvalue weighted by Gasteiger charge is -2.29. The number of H-pyrrole nitrogens is 1. The Bertz CT molecular complexity index is 732. The molecule has 0 unspecified atom stereocenters. The molecule has 1 aromatic carbocycles. The predicted molar refractivity (Wildman–Crippen MR) is 80.8 cm³/mol. The first kappa shape index (κ1) is 14.9. The Morgan fingerprint density at radius 2 is 2.26 bits per heavy atom. The standard InChI is InChI=1S/C14H14FN7O/c15-12-7-11(1-2-13(12)22-3-5-23-6-4-22)17-9-10(8-16)14-18-20-21-19-14/h1-2,7,9,17H,3-6H2,(H,18,19,20,21). The molecule has 1 aliphatic heterocycles. The van der Waals surface area contributed by atoms with Gasteiger partial charge in [-0.25, -0.2) is 4.39 Å². The van der Waals surface area contributed by atoms with Crippen molar-refractivity contribution < 1.29 is 9.13 Å². The number of rotatable bonds is 4. The molecule has 0 aliphatic carbocycles. The molecule has 1 saturated heterocycles. The van der Waals surface area contributed by atoms with Gasteiger partial charge in [0.2, 0.25) is 5.82 Å². The zero-order chi connectivity index (χ0) is 16.1. The molecule has 0 spiro atoms. The van der Waals surface area contributed by atoms with E-state index in [1.54, 1.807) is 12.1 Å². The van der Waals surface area contributed by atoms with Crippen LogP contribution < -0.4 is 10.2 Å². The van der Waals surface area contributed by atoms with Crippen molar-refractivity contribution in [1.29, 1.82) is 5.26 Å². The molecule has 0 radical (unpaired) electrons. The van der Waals surface area contributed by atoms with E-state index in [1.807, 2.05) is 11.0 Å². The summed E-state index contributed by atoms with van der Waals surface area (Å²) < 4.78 is 19.5. The van der Waals surface area contributed by atoms with Crippen LogP contribution in [0, 0.1) is 17.1 Å². The van der Waals surface area contributed by atoms with Crippen LogP contribution in [-0.4, -0.2) is 46.9 Å². The van der Waals surface area contributed by atoms with Crippen LogP contribution in [0.15, 0.2) is 24.4 Å². The molecule has 2 N–H and O–H groups in total. The molecule has 1 aromatic heterocycles. The van der Waals surface area contributed by atoms with Gasteiger partial charge in [-0.3, -0.25) is 0 Å². The molecule has 118 valence electrons. The minimum Gasteiger partial charge on any atom is -0.378 e. The number of nitriles is 1. The normalized spacial score (nSPS) is 15.3. The maximum Gasteiger partial charge on any atom is 0.216 e. The monoisotopic (exact) mass is 315 g/mol. The number of aromatic amines is 1. The van der Waals surface area contributed by atoms with E-state index in [0.29, 0.717) is 37.7 Å². The number of ether oxygens (including phenoxy) is 1. The quantitative estimate of drug-likeness (QED) is 0.816. The van der Waals surface area contributed by atoms with Crippen LogP contribution in [0.1, 0.15) is 5.82 Å². The number of benzene rings is 1. The van der Waals surface area contributed by atoms with Crippen molar-refractivity contribution in [3.8, 4) is 6.07 Å². The first-order chi connectivity index (χ1) is 11.3. The number of aromatic nitrogens is 4. The predicted octanol–water partition coefficient (Wildman–Crippen LogP) is 1.15. The Kier molecular flexibility index (Phi) is 4.44. The Balaban J connectivity index is 1.74. The van der Waals surface area contributed by atoms with Gasteiger partial charge in [0, 0.05) is 25.0 Å². The number of morpholine rings is 1. The van der Waals surface area contributed by atoms with Crippen molar-refractivity contribution in [2.24, 2.45) is 0 Å². The van der Waals surface area contributed by atoms with Gasteiger partial charge < -0.3 is 15.0 Å². The number of hydrogen-bond donors (Lipinski definition) is 2. The number of allylic oxidation sites excluding steroid dienone is 1. The fraction of sp³-hybridized carbons (Fsp3) is 0.286. The molecule has 2 aromatic rings. The third kappa shape index (κ3) is 3.44. The number of hydrogen-bond acceptors (Lipinski definition) is 7. The lowest BCUT2D eigenvalue weighted by atomic mass is 10.2. The lowest BCUT2D eigenvalue weighted by Crippen LogP contribution is -2.36. The zero-order valence-electron chi connectivity index (χ0n) is 12.2. The molecule has 8 nitrogen and oxygen atoms in total. The minimum atomic E-state index is -0.330. The van der Waals surface area contributed by atoms with Crippen molar-refractivity contribution in [3.05, 3.63) is 36.0 Å². The third-order valence-corrected chi connectivity index (χ3v) is 3.39. The second-order valence-corrected chi connectivity index (χ2v) is 4.82. The van der Waals surface area contributed by atoms with Crippen LogP contribution >= 0.6 is 0 Å². The number of nitrogens with zero attached hydrogens (tertiary/aromatic N) is 5. The largest absolute Gasteiger partial charge is 0.378 e. The summed E-state index contributed by atoms with van der Waals surface area (Å²) in [6, 6.07) is 6.78. The van der Waals surface area contributed by atoms with Crippen LogP contribution in [0.25, 0.3) is 5.57 Å². The van der Waals surface area contributed by atoms with E-state index in [1.165, 1.54) is 12.3 Å². The summed E-state index contributed by atoms with van der Waals surface area (Å²) >= 11 is 0. The van der Waals surface area contributed by atoms with E-state index in [9.17, 15) is 4.39 Å². The Morgan fingerprint density at radius 1 is 1.43 bits per heavy atom. The van der Waals surface area contributed by atoms with E-state index in [-0.39, 0.29) is 17.2 Å². The van der Waals surface area contributed by atoms with Gasteiger partial charge in [0.25, 0.3) is 0 Å². The Labute approximate surface area is 131 Å². The molecule has 3 rings (SSSR count). The summed E-state index contributed by atoms with van der Waals surface area (Å²) in [5.74, 6) is -0.159. The maximum atomic E-state index is 14.3. The first-order valence-corrected chi connectivity index (χ1v) is 7.01. The zero-order valence-corrected chi connectivity index (χ0v) is 12.2. The SMILES string of the molecule is N#CC(=CNc1ccc(N2CCOCC2)c(F)c1)c1nn[nH]n1. The molecule has 0 bridgehead atoms. The molecule has 1 aliphatic rings. The topological polar surface area (TPSA) is 103 Å². The molecular weight excluding hydrogens is 301 g/mol. The van der Waals surface area contributed by atoms with Crippen molar-refractivity contribution >= 4 is 16.9 Å². The minimum absolute atomic E-state index is 0.172. The van der Waals surface area contributed by atoms with Crippen molar-refractivity contribution in [1.82, 2.24) is 20.6 Å². The fourth-order valence-corrected chi connectivity index (χ4v) is 2.24. The Morgan fingerprint density at radius 3 is 2.91 bits per heavy atom. The molecule has 1 fully saturated rings. The highest BCUT2D eigenvalue weighted by Crippen LogP contribution is 2.24. The highest BCUT2D eigenvalue weighted by atomic mass is 19.1. The van der Waals surface area contributed by atoms with Gasteiger partial charge >= 0.3 is 0 Å². The third-order valence-electron chi connectivity index (χ3n) is 3.39. The van der Waals surface area contributed by atoms with E-state index in [0.717, 1.165) is 0 Å². The van der Waals surface area contributed by atoms with Crippen molar-refractivity contribution in [2.75, 3.05) is 36.5 Å². The Hall–Kier alpha value is -2.99. The first-order valence-electron chi connectivity index (χ1n) is 7.01. The highest BCUT2D eigenvalue weighted by molar-refractivity contribution is 5.74. The number of nitrogens with one attached hydrogen (secondary N) is 2. The van der Waals surface area contributed by atoms with E-state index in [4.69, 9.17) is 10.00 Å². The number of halogens is 1. The highest BCUT2D eigenvalue weighted by Gasteiger charge is 2.15. The molecule has 0 saturated carbocycles. The summed E-state index contributed by atoms with van der Waals surface area (Å²) in [5, 5.41) is 25.0. The van der Waals surface area contributed by atoms with Gasteiger partial charge in [0.15, 0.2) is 0 Å². The van der Waals surface area contributed by atoms with Gasteiger partial charge in [-0.05, 0) is 23.4 Å². The van der Waals surface area contributed by atoms with Crippen molar-refractivity contribution in [2.45, 2.75) is 0 Å². The van der Waals surface area contributed by atoms with Crippen LogP contribution in [0.2, 0.25) is 0 Å². The van der Waals surface area contributed by atoms with Gasteiger partial charge in [-0.15, -0.1) is 10.2 Å². The molecule has 2 heterocycles.